The van der Waals surface area contributed by atoms with Crippen LogP contribution in [0.3, 0.4) is 0 Å². The Balaban J connectivity index is 1.31. The number of quaternary nitrogens is 2. The number of hydrogen-bond donors (Lipinski definition) is 2. The Labute approximate surface area is 174 Å². The Bertz CT molecular complexity index is 841. The van der Waals surface area contributed by atoms with Crippen molar-refractivity contribution in [3.05, 3.63) is 80.7 Å². The molecule has 4 nitrogen and oxygen atoms in total. The van der Waals surface area contributed by atoms with Gasteiger partial charge in [-0.1, -0.05) is 42.5 Å². The number of carbonyl (C=O) groups is 1. The average molecular weight is 414 g/mol. The molecule has 1 aliphatic rings. The van der Waals surface area contributed by atoms with Crippen molar-refractivity contribution in [2.45, 2.75) is 12.6 Å². The zero-order chi connectivity index (χ0) is 19.2. The molecule has 6 heteroatoms. The first-order chi connectivity index (χ1) is 13.8. The number of nitrogens with zero attached hydrogens (tertiary/aromatic N) is 1. The highest BCUT2D eigenvalue weighted by Gasteiger charge is 2.26. The van der Waals surface area contributed by atoms with Gasteiger partial charge in [0.2, 0.25) is 0 Å². The van der Waals surface area contributed by atoms with Crippen molar-refractivity contribution in [2.24, 2.45) is 0 Å². The predicted octanol–water partition coefficient (Wildman–Crippen LogP) is 1.39. The Morgan fingerprint density at radius 1 is 1.00 bits per heavy atom. The summed E-state index contributed by atoms with van der Waals surface area (Å²) in [6, 6.07) is 19.2. The lowest BCUT2D eigenvalue weighted by Crippen LogP contribution is -3.13. The molecule has 3 N–H and O–H groups in total. The van der Waals surface area contributed by atoms with Crippen LogP contribution in [0.1, 0.15) is 21.4 Å². The summed E-state index contributed by atoms with van der Waals surface area (Å²) in [5.41, 5.74) is 1.25. The smallest absolute Gasteiger partial charge is 0.278 e. The lowest BCUT2D eigenvalue weighted by atomic mass is 10.1. The number of rotatable bonds is 7. The number of amides is 1. The molecular weight excluding hydrogens is 386 g/mol. The third-order valence-corrected chi connectivity index (χ3v) is 7.20. The summed E-state index contributed by atoms with van der Waals surface area (Å²) in [5.74, 6) is 0.257. The second-order valence-electron chi connectivity index (χ2n) is 7.23. The minimum atomic E-state index is 0.191. The van der Waals surface area contributed by atoms with Gasteiger partial charge in [-0.2, -0.15) is 0 Å². The first kappa shape index (κ1) is 19.3. The van der Waals surface area contributed by atoms with Crippen LogP contribution in [0.15, 0.2) is 65.4 Å². The highest BCUT2D eigenvalue weighted by atomic mass is 32.1. The molecule has 1 amide bonds. The summed E-state index contributed by atoms with van der Waals surface area (Å²) in [4.78, 5) is 19.2. The summed E-state index contributed by atoms with van der Waals surface area (Å²) in [6.07, 6.45) is 0. The van der Waals surface area contributed by atoms with Crippen molar-refractivity contribution in [3.8, 4) is 0 Å². The first-order valence-corrected chi connectivity index (χ1v) is 11.6. The van der Waals surface area contributed by atoms with Gasteiger partial charge in [-0.05, 0) is 22.9 Å². The average Bonchev–Trinajstić information content (AvgIpc) is 3.44. The summed E-state index contributed by atoms with van der Waals surface area (Å²) in [5, 5.41) is 6.44. The number of nitrogens with two attached hydrogens (primary N) is 1. The highest BCUT2D eigenvalue weighted by molar-refractivity contribution is 7.10. The maximum atomic E-state index is 12.8. The van der Waals surface area contributed by atoms with Gasteiger partial charge >= 0.3 is 0 Å². The second kappa shape index (κ2) is 9.47. The lowest BCUT2D eigenvalue weighted by Gasteiger charge is -2.31. The van der Waals surface area contributed by atoms with Crippen molar-refractivity contribution in [3.63, 3.8) is 0 Å². The minimum Gasteiger partial charge on any atom is -0.328 e. The molecule has 0 aliphatic carbocycles. The summed E-state index contributed by atoms with van der Waals surface area (Å²) in [6.45, 7) is 5.39. The van der Waals surface area contributed by atoms with Gasteiger partial charge in [0.05, 0.1) is 35.9 Å². The van der Waals surface area contributed by atoms with E-state index < -0.39 is 0 Å². The molecular formula is C22H27N3OS2+2. The number of nitrogens with one attached hydrogen (secondary N) is 1. The second-order valence-corrected chi connectivity index (χ2v) is 9.24. The number of benzene rings is 1. The highest BCUT2D eigenvalue weighted by Crippen LogP contribution is 2.22. The van der Waals surface area contributed by atoms with Crippen LogP contribution in [-0.4, -0.2) is 43.5 Å². The molecule has 0 unspecified atom stereocenters. The van der Waals surface area contributed by atoms with Crippen molar-refractivity contribution < 1.29 is 15.0 Å². The minimum absolute atomic E-state index is 0.191. The van der Waals surface area contributed by atoms with E-state index >= 15 is 0 Å². The van der Waals surface area contributed by atoms with Crippen LogP contribution in [0.4, 0.5) is 0 Å². The Hall–Kier alpha value is -1.99. The molecule has 3 heterocycles. The van der Waals surface area contributed by atoms with Gasteiger partial charge < -0.3 is 15.1 Å². The fourth-order valence-electron chi connectivity index (χ4n) is 3.80. The normalized spacial score (nSPS) is 16.2. The number of piperazine rings is 1. The topological polar surface area (TPSA) is 41.4 Å². The van der Waals surface area contributed by atoms with Crippen molar-refractivity contribution in [1.82, 2.24) is 4.90 Å². The number of hydrogen-bond acceptors (Lipinski definition) is 3. The quantitative estimate of drug-likeness (QED) is 0.604. The summed E-state index contributed by atoms with van der Waals surface area (Å²) >= 11 is 3.58. The van der Waals surface area contributed by atoms with Crippen LogP contribution in [-0.2, 0) is 11.3 Å². The zero-order valence-electron chi connectivity index (χ0n) is 15.9. The third-order valence-electron chi connectivity index (χ3n) is 5.36. The standard InChI is InChI=1S/C22H25N3OS2/c26-21(25-12-10-24(11-13-25)17-19-8-4-14-27-19)16-23-22(20-9-5-15-28-20)18-6-2-1-3-7-18/h1-9,14-15,22-23H,10-13,16-17H2/p+2/t22-/m0/s1. The molecule has 0 bridgehead atoms. The van der Waals surface area contributed by atoms with E-state index in [-0.39, 0.29) is 11.9 Å². The molecule has 1 aliphatic heterocycles. The molecule has 146 valence electrons. The Morgan fingerprint density at radius 2 is 1.75 bits per heavy atom. The van der Waals surface area contributed by atoms with Crippen LogP contribution in [0.25, 0.3) is 0 Å². The molecule has 4 rings (SSSR count). The van der Waals surface area contributed by atoms with Gasteiger partial charge in [-0.25, -0.2) is 0 Å². The van der Waals surface area contributed by atoms with E-state index in [9.17, 15) is 4.79 Å². The zero-order valence-corrected chi connectivity index (χ0v) is 17.6. The maximum Gasteiger partial charge on any atom is 0.278 e. The van der Waals surface area contributed by atoms with Gasteiger partial charge in [0.25, 0.3) is 5.91 Å². The molecule has 1 aromatic carbocycles. The molecule has 0 radical (unpaired) electrons. The van der Waals surface area contributed by atoms with E-state index in [0.29, 0.717) is 6.54 Å². The van der Waals surface area contributed by atoms with Crippen LogP contribution in [0.5, 0.6) is 0 Å². The Morgan fingerprint density at radius 3 is 2.43 bits per heavy atom. The van der Waals surface area contributed by atoms with Crippen molar-refractivity contribution in [2.75, 3.05) is 32.7 Å². The largest absolute Gasteiger partial charge is 0.328 e. The fourth-order valence-corrected chi connectivity index (χ4v) is 5.43. The maximum absolute atomic E-state index is 12.8. The van der Waals surface area contributed by atoms with Gasteiger partial charge in [0, 0.05) is 5.56 Å². The molecule has 28 heavy (non-hydrogen) atoms. The van der Waals surface area contributed by atoms with Gasteiger partial charge in [-0.15, -0.1) is 22.7 Å². The summed E-state index contributed by atoms with van der Waals surface area (Å²) < 4.78 is 0. The van der Waals surface area contributed by atoms with Crippen molar-refractivity contribution in [1.29, 1.82) is 0 Å². The summed E-state index contributed by atoms with van der Waals surface area (Å²) in [7, 11) is 0. The van der Waals surface area contributed by atoms with Gasteiger partial charge in [0.1, 0.15) is 12.6 Å². The van der Waals surface area contributed by atoms with E-state index in [2.05, 4.69) is 64.6 Å². The van der Waals surface area contributed by atoms with Crippen LogP contribution in [0.2, 0.25) is 0 Å². The van der Waals surface area contributed by atoms with Crippen molar-refractivity contribution >= 4 is 28.6 Å². The van der Waals surface area contributed by atoms with Gasteiger partial charge in [0.15, 0.2) is 6.54 Å². The third kappa shape index (κ3) is 4.89. The van der Waals surface area contributed by atoms with E-state index in [4.69, 9.17) is 0 Å². The van der Waals surface area contributed by atoms with E-state index in [0.717, 1.165) is 32.7 Å². The Kier molecular flexibility index (Phi) is 6.54. The fraction of sp³-hybridized carbons (Fsp3) is 0.318. The molecule has 2 aromatic heterocycles. The number of carbonyl (C=O) groups excluding carboxylic acids is 1. The first-order valence-electron chi connectivity index (χ1n) is 9.85. The van der Waals surface area contributed by atoms with E-state index in [1.165, 1.54) is 15.3 Å². The number of thiophene rings is 2. The van der Waals surface area contributed by atoms with Crippen LogP contribution < -0.4 is 10.2 Å². The molecule has 0 spiro atoms. The molecule has 3 aromatic rings. The van der Waals surface area contributed by atoms with Gasteiger partial charge in [-0.3, -0.25) is 4.79 Å². The molecule has 1 saturated heterocycles. The van der Waals surface area contributed by atoms with Crippen LogP contribution in [0, 0.1) is 0 Å². The van der Waals surface area contributed by atoms with E-state index in [1.807, 2.05) is 22.3 Å². The lowest BCUT2D eigenvalue weighted by molar-refractivity contribution is -0.917. The SMILES string of the molecule is O=C(C[NH2+][C@@H](c1ccccc1)c1cccs1)N1CC[NH+](Cc2cccs2)CC1. The molecule has 1 fully saturated rings. The molecule has 1 atom stereocenters. The van der Waals surface area contributed by atoms with E-state index in [1.54, 1.807) is 16.2 Å². The predicted molar refractivity (Wildman–Crippen MR) is 115 cm³/mol. The van der Waals surface area contributed by atoms with Crippen LogP contribution >= 0.6 is 22.7 Å². The monoisotopic (exact) mass is 413 g/mol. The molecule has 0 saturated carbocycles.